The van der Waals surface area contributed by atoms with E-state index in [-0.39, 0.29) is 11.9 Å². The Balaban J connectivity index is 1.56. The van der Waals surface area contributed by atoms with Crippen LogP contribution in [0.15, 0.2) is 59.5 Å². The third-order valence-corrected chi connectivity index (χ3v) is 7.54. The maximum absolute atomic E-state index is 12.7. The minimum Gasteiger partial charge on any atom is -0.349 e. The van der Waals surface area contributed by atoms with Gasteiger partial charge in [0.1, 0.15) is 0 Å². The van der Waals surface area contributed by atoms with Gasteiger partial charge in [0, 0.05) is 19.5 Å². The van der Waals surface area contributed by atoms with Gasteiger partial charge in [0.05, 0.1) is 10.9 Å². The molecule has 0 radical (unpaired) electrons. The highest BCUT2D eigenvalue weighted by molar-refractivity contribution is 7.89. The van der Waals surface area contributed by atoms with E-state index in [2.05, 4.69) is 12.2 Å². The number of amides is 1. The summed E-state index contributed by atoms with van der Waals surface area (Å²) in [6.07, 6.45) is 5.81. The predicted molar refractivity (Wildman–Crippen MR) is 120 cm³/mol. The van der Waals surface area contributed by atoms with Gasteiger partial charge in [-0.3, -0.25) is 4.79 Å². The molecule has 2 aromatic carbocycles. The number of sulfonamides is 1. The lowest BCUT2D eigenvalue weighted by Crippen LogP contribution is -2.35. The van der Waals surface area contributed by atoms with E-state index in [1.165, 1.54) is 0 Å². The molecule has 1 unspecified atom stereocenters. The summed E-state index contributed by atoms with van der Waals surface area (Å²) in [5.74, 6) is 0.0160. The van der Waals surface area contributed by atoms with Crippen LogP contribution in [-0.4, -0.2) is 31.7 Å². The minimum absolute atomic E-state index is 0.0160. The van der Waals surface area contributed by atoms with E-state index in [1.807, 2.05) is 42.5 Å². The van der Waals surface area contributed by atoms with Gasteiger partial charge >= 0.3 is 0 Å². The summed E-state index contributed by atoms with van der Waals surface area (Å²) in [5.41, 5.74) is 2.09. The summed E-state index contributed by atoms with van der Waals surface area (Å²) in [5, 5.41) is 3.14. The third-order valence-electron chi connectivity index (χ3n) is 5.63. The molecule has 162 valence electrons. The molecule has 1 fully saturated rings. The van der Waals surface area contributed by atoms with Crippen LogP contribution in [0.2, 0.25) is 0 Å². The number of rotatable bonds is 9. The van der Waals surface area contributed by atoms with Crippen molar-refractivity contribution < 1.29 is 13.2 Å². The molecule has 1 amide bonds. The van der Waals surface area contributed by atoms with Gasteiger partial charge in [-0.05, 0) is 48.9 Å². The molecule has 1 heterocycles. The predicted octanol–water partition coefficient (Wildman–Crippen LogP) is 4.45. The Morgan fingerprint density at radius 2 is 1.67 bits per heavy atom. The summed E-state index contributed by atoms with van der Waals surface area (Å²) in [6, 6.07) is 17.1. The number of nitrogens with one attached hydrogen (secondary N) is 1. The van der Waals surface area contributed by atoms with E-state index < -0.39 is 10.0 Å². The second-order valence-electron chi connectivity index (χ2n) is 7.93. The molecule has 0 saturated carbocycles. The Morgan fingerprint density at radius 3 is 2.30 bits per heavy atom. The number of carbonyl (C=O) groups is 1. The van der Waals surface area contributed by atoms with Crippen molar-refractivity contribution in [1.82, 2.24) is 9.62 Å². The van der Waals surface area contributed by atoms with Gasteiger partial charge in [0.25, 0.3) is 0 Å². The molecule has 1 N–H and O–H groups in total. The fraction of sp³-hybridized carbons (Fsp3) is 0.458. The molecule has 5 nitrogen and oxygen atoms in total. The molecule has 0 aromatic heterocycles. The fourth-order valence-electron chi connectivity index (χ4n) is 3.90. The standard InChI is InChI=1S/C24H32N2O3S/c1-2-9-23(21-10-5-3-6-11-21)25-24(27)17-14-20-12-15-22(16-13-20)30(28,29)26-18-7-4-8-19-26/h3,5-6,10-13,15-16,23H,2,4,7-9,14,17-19H2,1H3,(H,25,27). The van der Waals surface area contributed by atoms with Crippen LogP contribution in [0.1, 0.15) is 62.6 Å². The zero-order chi connectivity index (χ0) is 21.4. The monoisotopic (exact) mass is 428 g/mol. The van der Waals surface area contributed by atoms with Gasteiger partial charge in [-0.25, -0.2) is 8.42 Å². The number of hydrogen-bond acceptors (Lipinski definition) is 3. The van der Waals surface area contributed by atoms with Crippen LogP contribution in [0.4, 0.5) is 0 Å². The van der Waals surface area contributed by atoms with Crippen molar-refractivity contribution >= 4 is 15.9 Å². The lowest BCUT2D eigenvalue weighted by Gasteiger charge is -2.25. The molecule has 0 bridgehead atoms. The van der Waals surface area contributed by atoms with Crippen LogP contribution in [-0.2, 0) is 21.2 Å². The normalized spacial score (nSPS) is 16.2. The van der Waals surface area contributed by atoms with Gasteiger partial charge in [0.2, 0.25) is 15.9 Å². The first-order chi connectivity index (χ1) is 14.5. The highest BCUT2D eigenvalue weighted by atomic mass is 32.2. The van der Waals surface area contributed by atoms with Crippen LogP contribution < -0.4 is 5.32 Å². The van der Waals surface area contributed by atoms with Crippen molar-refractivity contribution in [3.05, 3.63) is 65.7 Å². The van der Waals surface area contributed by atoms with Crippen LogP contribution in [0.3, 0.4) is 0 Å². The quantitative estimate of drug-likeness (QED) is 0.642. The number of nitrogens with zero attached hydrogens (tertiary/aromatic N) is 1. The third kappa shape index (κ3) is 5.92. The van der Waals surface area contributed by atoms with Crippen molar-refractivity contribution in [3.63, 3.8) is 0 Å². The fourth-order valence-corrected chi connectivity index (χ4v) is 5.42. The molecule has 0 aliphatic carbocycles. The van der Waals surface area contributed by atoms with Crippen LogP contribution in [0.25, 0.3) is 0 Å². The minimum atomic E-state index is -3.41. The van der Waals surface area contributed by atoms with Gasteiger partial charge < -0.3 is 5.32 Å². The number of carbonyl (C=O) groups excluding carboxylic acids is 1. The molecule has 1 saturated heterocycles. The summed E-state index contributed by atoms with van der Waals surface area (Å²) in [4.78, 5) is 12.8. The second-order valence-corrected chi connectivity index (χ2v) is 9.87. The SMILES string of the molecule is CCCC(NC(=O)CCc1ccc(S(=O)(=O)N2CCCCC2)cc1)c1ccccc1. The maximum atomic E-state index is 12.7. The molecule has 6 heteroatoms. The molecule has 1 aliphatic heterocycles. The summed E-state index contributed by atoms with van der Waals surface area (Å²) in [7, 11) is -3.41. The van der Waals surface area contributed by atoms with Crippen LogP contribution in [0.5, 0.6) is 0 Å². The Labute approximate surface area is 180 Å². The molecule has 0 spiro atoms. The maximum Gasteiger partial charge on any atom is 0.243 e. The van der Waals surface area contributed by atoms with E-state index in [1.54, 1.807) is 16.4 Å². The Kier molecular flexibility index (Phi) is 8.05. The van der Waals surface area contributed by atoms with Gasteiger partial charge in [-0.15, -0.1) is 0 Å². The molecular formula is C24H32N2O3S. The van der Waals surface area contributed by atoms with E-state index in [0.29, 0.717) is 30.8 Å². The summed E-state index contributed by atoms with van der Waals surface area (Å²) in [6.45, 7) is 3.32. The van der Waals surface area contributed by atoms with Gasteiger partial charge in [-0.1, -0.05) is 62.2 Å². The van der Waals surface area contributed by atoms with Crippen molar-refractivity contribution in [1.29, 1.82) is 0 Å². The van der Waals surface area contributed by atoms with Crippen molar-refractivity contribution in [2.75, 3.05) is 13.1 Å². The molecular weight excluding hydrogens is 396 g/mol. The van der Waals surface area contributed by atoms with E-state index in [0.717, 1.165) is 43.2 Å². The molecule has 3 rings (SSSR count). The molecule has 2 aromatic rings. The topological polar surface area (TPSA) is 66.5 Å². The average Bonchev–Trinajstić information content (AvgIpc) is 2.79. The first-order valence-corrected chi connectivity index (χ1v) is 12.4. The van der Waals surface area contributed by atoms with Crippen LogP contribution in [0, 0.1) is 0 Å². The van der Waals surface area contributed by atoms with Crippen molar-refractivity contribution in [3.8, 4) is 0 Å². The first-order valence-electron chi connectivity index (χ1n) is 10.9. The highest BCUT2D eigenvalue weighted by Gasteiger charge is 2.25. The first kappa shape index (κ1) is 22.5. The zero-order valence-corrected chi connectivity index (χ0v) is 18.5. The molecule has 1 aliphatic rings. The highest BCUT2D eigenvalue weighted by Crippen LogP contribution is 2.22. The zero-order valence-electron chi connectivity index (χ0n) is 17.7. The number of piperidine rings is 1. The number of hydrogen-bond donors (Lipinski definition) is 1. The Morgan fingerprint density at radius 1 is 1.00 bits per heavy atom. The largest absolute Gasteiger partial charge is 0.349 e. The molecule has 1 atom stereocenters. The Hall–Kier alpha value is -2.18. The average molecular weight is 429 g/mol. The van der Waals surface area contributed by atoms with Gasteiger partial charge in [-0.2, -0.15) is 4.31 Å². The second kappa shape index (κ2) is 10.7. The lowest BCUT2D eigenvalue weighted by molar-refractivity contribution is -0.121. The smallest absolute Gasteiger partial charge is 0.243 e. The van der Waals surface area contributed by atoms with E-state index >= 15 is 0 Å². The summed E-state index contributed by atoms with van der Waals surface area (Å²) < 4.78 is 27.1. The van der Waals surface area contributed by atoms with Crippen molar-refractivity contribution in [2.45, 2.75) is 62.8 Å². The lowest BCUT2D eigenvalue weighted by atomic mass is 10.0. The Bertz CT molecular complexity index is 905. The van der Waals surface area contributed by atoms with Crippen LogP contribution >= 0.6 is 0 Å². The number of benzene rings is 2. The van der Waals surface area contributed by atoms with Crippen molar-refractivity contribution in [2.24, 2.45) is 0 Å². The molecule has 30 heavy (non-hydrogen) atoms. The van der Waals surface area contributed by atoms with E-state index in [4.69, 9.17) is 0 Å². The number of aryl methyl sites for hydroxylation is 1. The summed E-state index contributed by atoms with van der Waals surface area (Å²) >= 11 is 0. The van der Waals surface area contributed by atoms with E-state index in [9.17, 15) is 13.2 Å². The van der Waals surface area contributed by atoms with Gasteiger partial charge in [0.15, 0.2) is 0 Å².